The summed E-state index contributed by atoms with van der Waals surface area (Å²) in [6.45, 7) is 10.3. The standard InChI is InChI=1S/C21H34N4O2/c1-3-12-27-17-19-7-5-4-6-18(19)15-23-21(22-2)25-9-8-20(16-25)24-10-13-26-14-11-24/h4-7,20H,3,8-17H2,1-2H3,(H,22,23). The van der Waals surface area contributed by atoms with Crippen LogP contribution in [0.2, 0.25) is 0 Å². The summed E-state index contributed by atoms with van der Waals surface area (Å²) in [5.74, 6) is 0.995. The molecule has 3 rings (SSSR count). The van der Waals surface area contributed by atoms with Gasteiger partial charge in [0.05, 0.1) is 19.8 Å². The molecule has 2 aliphatic heterocycles. The quantitative estimate of drug-likeness (QED) is 0.450. The Labute approximate surface area is 163 Å². The van der Waals surface area contributed by atoms with Crippen LogP contribution in [0.15, 0.2) is 29.3 Å². The van der Waals surface area contributed by atoms with E-state index >= 15 is 0 Å². The maximum Gasteiger partial charge on any atom is 0.193 e. The van der Waals surface area contributed by atoms with E-state index in [1.165, 1.54) is 17.5 Å². The topological polar surface area (TPSA) is 49.3 Å². The number of morpholine rings is 1. The van der Waals surface area contributed by atoms with E-state index in [0.29, 0.717) is 12.6 Å². The molecule has 150 valence electrons. The number of benzene rings is 1. The normalized spacial score (nSPS) is 21.6. The fourth-order valence-electron chi connectivity index (χ4n) is 3.88. The predicted octanol–water partition coefficient (Wildman–Crippen LogP) is 2.10. The molecule has 6 heteroatoms. The Bertz CT molecular complexity index is 602. The van der Waals surface area contributed by atoms with E-state index in [9.17, 15) is 0 Å². The molecular weight excluding hydrogens is 340 g/mol. The molecule has 2 aliphatic rings. The van der Waals surface area contributed by atoms with Gasteiger partial charge in [-0.1, -0.05) is 31.2 Å². The van der Waals surface area contributed by atoms with Gasteiger partial charge in [-0.2, -0.15) is 0 Å². The van der Waals surface area contributed by atoms with Crippen LogP contribution in [0.5, 0.6) is 0 Å². The highest BCUT2D eigenvalue weighted by molar-refractivity contribution is 5.80. The summed E-state index contributed by atoms with van der Waals surface area (Å²) in [6, 6.07) is 9.11. The molecule has 1 aromatic carbocycles. The summed E-state index contributed by atoms with van der Waals surface area (Å²) in [5.41, 5.74) is 2.53. The van der Waals surface area contributed by atoms with Gasteiger partial charge in [0.2, 0.25) is 0 Å². The maximum absolute atomic E-state index is 5.74. The first-order chi connectivity index (χ1) is 13.3. The molecule has 0 aromatic heterocycles. The van der Waals surface area contributed by atoms with E-state index in [2.05, 4.69) is 51.3 Å². The summed E-state index contributed by atoms with van der Waals surface area (Å²) in [7, 11) is 1.88. The Balaban J connectivity index is 1.52. The molecule has 0 spiro atoms. The Kier molecular flexibility index (Phi) is 7.93. The molecule has 0 radical (unpaired) electrons. The number of nitrogens with zero attached hydrogens (tertiary/aromatic N) is 3. The van der Waals surface area contributed by atoms with Crippen molar-refractivity contribution in [2.45, 2.75) is 39.0 Å². The van der Waals surface area contributed by atoms with Crippen LogP contribution in [0.25, 0.3) is 0 Å². The molecule has 2 saturated heterocycles. The lowest BCUT2D eigenvalue weighted by Crippen LogP contribution is -2.46. The first kappa shape index (κ1) is 20.1. The molecule has 0 amide bonds. The van der Waals surface area contributed by atoms with E-state index in [1.54, 1.807) is 0 Å². The second-order valence-corrected chi connectivity index (χ2v) is 7.26. The Hall–Kier alpha value is -1.63. The Morgan fingerprint density at radius 3 is 2.74 bits per heavy atom. The van der Waals surface area contributed by atoms with Gasteiger partial charge >= 0.3 is 0 Å². The zero-order chi connectivity index (χ0) is 18.9. The zero-order valence-electron chi connectivity index (χ0n) is 16.8. The molecule has 2 fully saturated rings. The molecule has 27 heavy (non-hydrogen) atoms. The Morgan fingerprint density at radius 2 is 2.00 bits per heavy atom. The summed E-state index contributed by atoms with van der Waals surface area (Å²) >= 11 is 0. The highest BCUT2D eigenvalue weighted by Crippen LogP contribution is 2.17. The van der Waals surface area contributed by atoms with Gasteiger partial charge in [-0.3, -0.25) is 9.89 Å². The van der Waals surface area contributed by atoms with Crippen LogP contribution in [0.1, 0.15) is 30.9 Å². The van der Waals surface area contributed by atoms with Gasteiger partial charge < -0.3 is 19.7 Å². The van der Waals surface area contributed by atoms with Crippen LogP contribution < -0.4 is 5.32 Å². The van der Waals surface area contributed by atoms with Crippen molar-refractivity contribution in [1.82, 2.24) is 15.1 Å². The monoisotopic (exact) mass is 374 g/mol. The van der Waals surface area contributed by atoms with Crippen molar-refractivity contribution in [3.8, 4) is 0 Å². The lowest BCUT2D eigenvalue weighted by molar-refractivity contribution is 0.0195. The van der Waals surface area contributed by atoms with Gasteiger partial charge in [0.15, 0.2) is 5.96 Å². The third kappa shape index (κ3) is 5.67. The average molecular weight is 375 g/mol. The van der Waals surface area contributed by atoms with Crippen molar-refractivity contribution in [3.05, 3.63) is 35.4 Å². The van der Waals surface area contributed by atoms with Crippen molar-refractivity contribution in [3.63, 3.8) is 0 Å². The third-order valence-electron chi connectivity index (χ3n) is 5.40. The van der Waals surface area contributed by atoms with E-state index in [1.807, 2.05) is 7.05 Å². The second kappa shape index (κ2) is 10.6. The molecule has 2 heterocycles. The number of rotatable bonds is 7. The van der Waals surface area contributed by atoms with Crippen molar-refractivity contribution in [2.75, 3.05) is 53.0 Å². The minimum absolute atomic E-state index is 0.613. The highest BCUT2D eigenvalue weighted by atomic mass is 16.5. The number of aliphatic imine (C=N–C) groups is 1. The van der Waals surface area contributed by atoms with Gasteiger partial charge in [0.1, 0.15) is 0 Å². The van der Waals surface area contributed by atoms with Crippen molar-refractivity contribution in [1.29, 1.82) is 0 Å². The number of ether oxygens (including phenoxy) is 2. The average Bonchev–Trinajstić information content (AvgIpc) is 3.20. The molecule has 1 unspecified atom stereocenters. The fourth-order valence-corrected chi connectivity index (χ4v) is 3.88. The highest BCUT2D eigenvalue weighted by Gasteiger charge is 2.30. The summed E-state index contributed by atoms with van der Waals surface area (Å²) in [4.78, 5) is 9.48. The van der Waals surface area contributed by atoms with Crippen LogP contribution in [-0.2, 0) is 22.6 Å². The van der Waals surface area contributed by atoms with Gasteiger partial charge in [0, 0.05) is 52.4 Å². The van der Waals surface area contributed by atoms with Crippen molar-refractivity contribution < 1.29 is 9.47 Å². The van der Waals surface area contributed by atoms with E-state index < -0.39 is 0 Å². The fraction of sp³-hybridized carbons (Fsp3) is 0.667. The molecule has 0 saturated carbocycles. The zero-order valence-corrected chi connectivity index (χ0v) is 16.8. The van der Waals surface area contributed by atoms with Gasteiger partial charge in [-0.15, -0.1) is 0 Å². The van der Waals surface area contributed by atoms with Gasteiger partial charge in [-0.25, -0.2) is 0 Å². The SMILES string of the molecule is CCCOCc1ccccc1CNC(=NC)N1CCC(N2CCOCC2)C1. The van der Waals surface area contributed by atoms with E-state index in [-0.39, 0.29) is 0 Å². The molecule has 1 N–H and O–H groups in total. The van der Waals surface area contributed by atoms with Crippen molar-refractivity contribution >= 4 is 5.96 Å². The molecular formula is C21H34N4O2. The number of likely N-dealkylation sites (tertiary alicyclic amines) is 1. The molecule has 0 aliphatic carbocycles. The Morgan fingerprint density at radius 1 is 1.22 bits per heavy atom. The van der Waals surface area contributed by atoms with E-state index in [4.69, 9.17) is 9.47 Å². The molecule has 0 bridgehead atoms. The van der Waals surface area contributed by atoms with Gasteiger partial charge in [0.25, 0.3) is 0 Å². The second-order valence-electron chi connectivity index (χ2n) is 7.26. The van der Waals surface area contributed by atoms with Crippen molar-refractivity contribution in [2.24, 2.45) is 4.99 Å². The minimum atomic E-state index is 0.613. The third-order valence-corrected chi connectivity index (χ3v) is 5.40. The number of nitrogens with one attached hydrogen (secondary N) is 1. The summed E-state index contributed by atoms with van der Waals surface area (Å²) < 4.78 is 11.2. The van der Waals surface area contributed by atoms with Crippen LogP contribution in [0.3, 0.4) is 0 Å². The molecule has 1 aromatic rings. The smallest absolute Gasteiger partial charge is 0.193 e. The van der Waals surface area contributed by atoms with Crippen LogP contribution in [0, 0.1) is 0 Å². The summed E-state index contributed by atoms with van der Waals surface area (Å²) in [6.07, 6.45) is 2.24. The maximum atomic E-state index is 5.74. The number of guanidine groups is 1. The number of hydrogen-bond acceptors (Lipinski definition) is 4. The first-order valence-corrected chi connectivity index (χ1v) is 10.2. The first-order valence-electron chi connectivity index (χ1n) is 10.2. The van der Waals surface area contributed by atoms with Crippen LogP contribution >= 0.6 is 0 Å². The predicted molar refractivity (Wildman–Crippen MR) is 109 cm³/mol. The largest absolute Gasteiger partial charge is 0.379 e. The van der Waals surface area contributed by atoms with Gasteiger partial charge in [-0.05, 0) is 24.0 Å². The van der Waals surface area contributed by atoms with Crippen LogP contribution in [-0.4, -0.2) is 74.8 Å². The summed E-state index contributed by atoms with van der Waals surface area (Å²) in [5, 5.41) is 3.56. The lowest BCUT2D eigenvalue weighted by atomic mass is 10.1. The minimum Gasteiger partial charge on any atom is -0.379 e. The van der Waals surface area contributed by atoms with E-state index in [0.717, 1.165) is 64.9 Å². The number of hydrogen-bond donors (Lipinski definition) is 1. The van der Waals surface area contributed by atoms with Crippen LogP contribution in [0.4, 0.5) is 0 Å². The molecule has 6 nitrogen and oxygen atoms in total. The lowest BCUT2D eigenvalue weighted by Gasteiger charge is -2.32. The molecule has 1 atom stereocenters.